The van der Waals surface area contributed by atoms with E-state index in [1.807, 2.05) is 51.3 Å². The molecule has 6 heteroatoms. The number of aromatic nitrogens is 2. The Kier molecular flexibility index (Phi) is 5.26. The van der Waals surface area contributed by atoms with E-state index in [0.29, 0.717) is 18.9 Å². The highest BCUT2D eigenvalue weighted by atomic mass is 16.2. The van der Waals surface area contributed by atoms with Gasteiger partial charge in [0.15, 0.2) is 0 Å². The van der Waals surface area contributed by atoms with Crippen LogP contribution in [0.3, 0.4) is 0 Å². The first-order valence-corrected chi connectivity index (χ1v) is 8.51. The summed E-state index contributed by atoms with van der Waals surface area (Å²) in [5.74, 6) is 0.299. The molecule has 0 bridgehead atoms. The Bertz CT molecular complexity index is 585. The molecule has 0 saturated carbocycles. The minimum Gasteiger partial charge on any atom is -0.338 e. The van der Waals surface area contributed by atoms with Gasteiger partial charge in [0.25, 0.3) is 0 Å². The minimum absolute atomic E-state index is 0.0176. The Morgan fingerprint density at radius 1 is 1.12 bits per heavy atom. The number of carbonyl (C=O) groups is 2. The highest BCUT2D eigenvalue weighted by molar-refractivity contribution is 5.84. The molecule has 6 nitrogen and oxygen atoms in total. The first-order chi connectivity index (χ1) is 11.1. The van der Waals surface area contributed by atoms with Gasteiger partial charge in [-0.15, -0.1) is 0 Å². The molecule has 0 radical (unpaired) electrons. The maximum atomic E-state index is 12.9. The molecule has 132 valence electrons. The summed E-state index contributed by atoms with van der Waals surface area (Å²) in [5.41, 5.74) is -0.406. The van der Waals surface area contributed by atoms with Crippen molar-refractivity contribution < 1.29 is 9.59 Å². The SMILES string of the molecule is C[C@H](C(=O)N1[C@H](C)CN(C(=O)C(C)(C)C)C[C@@H]1C)c1ncccn1. The van der Waals surface area contributed by atoms with Crippen molar-refractivity contribution >= 4 is 11.8 Å². The van der Waals surface area contributed by atoms with Crippen LogP contribution in [0.15, 0.2) is 18.5 Å². The van der Waals surface area contributed by atoms with Crippen molar-refractivity contribution in [3.63, 3.8) is 0 Å². The quantitative estimate of drug-likeness (QED) is 0.831. The maximum absolute atomic E-state index is 12.9. The minimum atomic E-state index is -0.406. The predicted molar refractivity (Wildman–Crippen MR) is 92.3 cm³/mol. The van der Waals surface area contributed by atoms with Crippen molar-refractivity contribution in [1.82, 2.24) is 19.8 Å². The normalized spacial score (nSPS) is 23.1. The van der Waals surface area contributed by atoms with E-state index in [2.05, 4.69) is 9.97 Å². The second-order valence-corrected chi connectivity index (χ2v) is 7.73. The summed E-state index contributed by atoms with van der Waals surface area (Å²) >= 11 is 0. The van der Waals surface area contributed by atoms with Gasteiger partial charge in [-0.05, 0) is 26.8 Å². The lowest BCUT2D eigenvalue weighted by Gasteiger charge is -2.46. The van der Waals surface area contributed by atoms with Crippen LogP contribution in [0.2, 0.25) is 0 Å². The van der Waals surface area contributed by atoms with Crippen LogP contribution in [0.1, 0.15) is 53.3 Å². The number of rotatable bonds is 2. The Hall–Kier alpha value is -1.98. The molecular weight excluding hydrogens is 304 g/mol. The van der Waals surface area contributed by atoms with Crippen molar-refractivity contribution in [2.75, 3.05) is 13.1 Å². The lowest BCUT2D eigenvalue weighted by molar-refractivity contribution is -0.151. The molecule has 1 fully saturated rings. The molecule has 2 heterocycles. The lowest BCUT2D eigenvalue weighted by Crippen LogP contribution is -2.61. The first kappa shape index (κ1) is 18.4. The van der Waals surface area contributed by atoms with E-state index < -0.39 is 5.41 Å². The van der Waals surface area contributed by atoms with Crippen LogP contribution in [0.4, 0.5) is 0 Å². The van der Waals surface area contributed by atoms with E-state index in [9.17, 15) is 9.59 Å². The smallest absolute Gasteiger partial charge is 0.233 e. The predicted octanol–water partition coefficient (Wildman–Crippen LogP) is 2.07. The van der Waals surface area contributed by atoms with Gasteiger partial charge >= 0.3 is 0 Å². The number of nitrogens with zero attached hydrogens (tertiary/aromatic N) is 4. The third-order valence-electron chi connectivity index (χ3n) is 4.45. The van der Waals surface area contributed by atoms with Crippen molar-refractivity contribution in [2.24, 2.45) is 5.41 Å². The fraction of sp³-hybridized carbons (Fsp3) is 0.667. The zero-order valence-electron chi connectivity index (χ0n) is 15.5. The zero-order chi connectivity index (χ0) is 18.1. The fourth-order valence-corrected chi connectivity index (χ4v) is 3.27. The number of hydrogen-bond donors (Lipinski definition) is 0. The fourth-order valence-electron chi connectivity index (χ4n) is 3.27. The van der Waals surface area contributed by atoms with E-state index in [4.69, 9.17) is 0 Å². The van der Waals surface area contributed by atoms with Gasteiger partial charge in [0, 0.05) is 43.0 Å². The van der Waals surface area contributed by atoms with Crippen LogP contribution in [0.25, 0.3) is 0 Å². The van der Waals surface area contributed by atoms with Gasteiger partial charge in [-0.2, -0.15) is 0 Å². The number of piperazine rings is 1. The Morgan fingerprint density at radius 3 is 2.08 bits per heavy atom. The third-order valence-corrected chi connectivity index (χ3v) is 4.45. The molecule has 0 aromatic carbocycles. The van der Waals surface area contributed by atoms with Crippen molar-refractivity contribution in [3.05, 3.63) is 24.3 Å². The van der Waals surface area contributed by atoms with Gasteiger partial charge in [-0.25, -0.2) is 9.97 Å². The molecule has 1 aromatic heterocycles. The summed E-state index contributed by atoms with van der Waals surface area (Å²) in [5, 5.41) is 0. The van der Waals surface area contributed by atoms with Crippen molar-refractivity contribution in [2.45, 2.75) is 59.5 Å². The van der Waals surface area contributed by atoms with Crippen molar-refractivity contribution in [3.8, 4) is 0 Å². The average Bonchev–Trinajstić information content (AvgIpc) is 2.52. The van der Waals surface area contributed by atoms with Gasteiger partial charge in [0.05, 0.1) is 5.92 Å². The zero-order valence-corrected chi connectivity index (χ0v) is 15.5. The second-order valence-electron chi connectivity index (χ2n) is 7.73. The van der Waals surface area contributed by atoms with Gasteiger partial charge in [-0.3, -0.25) is 9.59 Å². The van der Waals surface area contributed by atoms with E-state index in [1.165, 1.54) is 0 Å². The monoisotopic (exact) mass is 332 g/mol. The summed E-state index contributed by atoms with van der Waals surface area (Å²) in [6, 6.07) is 1.68. The summed E-state index contributed by atoms with van der Waals surface area (Å²) in [6.07, 6.45) is 3.30. The van der Waals surface area contributed by atoms with Gasteiger partial charge < -0.3 is 9.80 Å². The first-order valence-electron chi connectivity index (χ1n) is 8.51. The molecule has 0 unspecified atom stereocenters. The highest BCUT2D eigenvalue weighted by Gasteiger charge is 2.39. The standard InChI is InChI=1S/C18H28N4O2/c1-12-10-21(17(24)18(4,5)6)11-13(2)22(12)16(23)14(3)15-19-8-7-9-20-15/h7-9,12-14H,10-11H2,1-6H3/t12-,13+,14-/m0/s1. The van der Waals surface area contributed by atoms with E-state index in [0.717, 1.165) is 0 Å². The molecule has 2 rings (SSSR count). The van der Waals surface area contributed by atoms with E-state index in [-0.39, 0.29) is 29.8 Å². The molecule has 1 aliphatic heterocycles. The Balaban J connectivity index is 2.13. The van der Waals surface area contributed by atoms with Crippen LogP contribution in [0.5, 0.6) is 0 Å². The van der Waals surface area contributed by atoms with E-state index in [1.54, 1.807) is 18.5 Å². The molecule has 2 amide bonds. The molecule has 3 atom stereocenters. The molecule has 1 aliphatic rings. The number of amides is 2. The van der Waals surface area contributed by atoms with Crippen LogP contribution in [-0.2, 0) is 9.59 Å². The van der Waals surface area contributed by atoms with Crippen LogP contribution >= 0.6 is 0 Å². The molecule has 0 N–H and O–H groups in total. The summed E-state index contributed by atoms with van der Waals surface area (Å²) < 4.78 is 0. The third kappa shape index (κ3) is 3.74. The van der Waals surface area contributed by atoms with E-state index >= 15 is 0 Å². The molecule has 24 heavy (non-hydrogen) atoms. The molecule has 0 spiro atoms. The highest BCUT2D eigenvalue weighted by Crippen LogP contribution is 2.25. The van der Waals surface area contributed by atoms with Gasteiger partial charge in [0.1, 0.15) is 5.82 Å². The molecule has 0 aliphatic carbocycles. The largest absolute Gasteiger partial charge is 0.338 e. The lowest BCUT2D eigenvalue weighted by atomic mass is 9.93. The van der Waals surface area contributed by atoms with Gasteiger partial charge in [0.2, 0.25) is 11.8 Å². The Morgan fingerprint density at radius 2 is 1.62 bits per heavy atom. The molecular formula is C18H28N4O2. The Labute approximate surface area is 144 Å². The van der Waals surface area contributed by atoms with Gasteiger partial charge in [-0.1, -0.05) is 20.8 Å². The summed E-state index contributed by atoms with van der Waals surface area (Å²) in [4.78, 5) is 37.6. The molecule has 1 saturated heterocycles. The summed E-state index contributed by atoms with van der Waals surface area (Å²) in [6.45, 7) is 12.7. The topological polar surface area (TPSA) is 66.4 Å². The number of carbonyl (C=O) groups excluding carboxylic acids is 2. The number of hydrogen-bond acceptors (Lipinski definition) is 4. The molecule has 1 aromatic rings. The second kappa shape index (κ2) is 6.87. The van der Waals surface area contributed by atoms with Crippen LogP contribution < -0.4 is 0 Å². The maximum Gasteiger partial charge on any atom is 0.233 e. The van der Waals surface area contributed by atoms with Crippen molar-refractivity contribution in [1.29, 1.82) is 0 Å². The van der Waals surface area contributed by atoms with Crippen LogP contribution in [-0.4, -0.2) is 56.8 Å². The average molecular weight is 332 g/mol. The van der Waals surface area contributed by atoms with Crippen LogP contribution in [0, 0.1) is 5.41 Å². The summed E-state index contributed by atoms with van der Waals surface area (Å²) in [7, 11) is 0.